The van der Waals surface area contributed by atoms with Gasteiger partial charge in [0.1, 0.15) is 12.7 Å². The van der Waals surface area contributed by atoms with Gasteiger partial charge < -0.3 is 15.2 Å². The number of benzene rings is 1. The summed E-state index contributed by atoms with van der Waals surface area (Å²) in [6.45, 7) is 1.04. The zero-order valence-corrected chi connectivity index (χ0v) is 7.92. The van der Waals surface area contributed by atoms with E-state index in [1.165, 1.54) is 0 Å². The first-order chi connectivity index (χ1) is 5.90. The Bertz CT molecular complexity index is 280. The van der Waals surface area contributed by atoms with E-state index in [4.69, 9.17) is 15.2 Å². The Morgan fingerprint density at radius 2 is 2.00 bits per heavy atom. The highest BCUT2D eigenvalue weighted by Crippen LogP contribution is 2.30. The fourth-order valence-electron chi connectivity index (χ4n) is 1.18. The van der Waals surface area contributed by atoms with Crippen molar-refractivity contribution in [2.75, 3.05) is 13.2 Å². The number of hydrogen-bond acceptors (Lipinski definition) is 3. The van der Waals surface area contributed by atoms with Crippen molar-refractivity contribution >= 4 is 12.4 Å². The van der Waals surface area contributed by atoms with Gasteiger partial charge in [0.05, 0.1) is 0 Å². The summed E-state index contributed by atoms with van der Waals surface area (Å²) in [5, 5.41) is 0. The summed E-state index contributed by atoms with van der Waals surface area (Å²) in [5.74, 6) is 1.60. The van der Waals surface area contributed by atoms with E-state index in [0.717, 1.165) is 11.5 Å². The SMILES string of the molecule is Cl.NC[C@H]1COc2ccccc2O1. The van der Waals surface area contributed by atoms with E-state index in [-0.39, 0.29) is 18.5 Å². The average Bonchev–Trinajstić information content (AvgIpc) is 2.17. The van der Waals surface area contributed by atoms with Gasteiger partial charge in [0.25, 0.3) is 0 Å². The number of halogens is 1. The zero-order chi connectivity index (χ0) is 8.39. The second-order valence-electron chi connectivity index (χ2n) is 2.73. The molecular formula is C9H12ClNO2. The molecule has 13 heavy (non-hydrogen) atoms. The third-order valence-corrected chi connectivity index (χ3v) is 1.83. The molecule has 0 saturated carbocycles. The van der Waals surface area contributed by atoms with E-state index in [0.29, 0.717) is 13.2 Å². The lowest BCUT2D eigenvalue weighted by Gasteiger charge is -2.25. The van der Waals surface area contributed by atoms with Crippen LogP contribution in [0.2, 0.25) is 0 Å². The summed E-state index contributed by atoms with van der Waals surface area (Å²) in [7, 11) is 0. The molecule has 2 rings (SSSR count). The van der Waals surface area contributed by atoms with Crippen LogP contribution in [-0.4, -0.2) is 19.3 Å². The molecule has 0 saturated heterocycles. The highest BCUT2D eigenvalue weighted by molar-refractivity contribution is 5.85. The zero-order valence-electron chi connectivity index (χ0n) is 7.10. The van der Waals surface area contributed by atoms with E-state index in [1.807, 2.05) is 24.3 Å². The number of rotatable bonds is 1. The van der Waals surface area contributed by atoms with E-state index in [2.05, 4.69) is 0 Å². The van der Waals surface area contributed by atoms with Gasteiger partial charge >= 0.3 is 0 Å². The molecule has 0 unspecified atom stereocenters. The highest BCUT2D eigenvalue weighted by Gasteiger charge is 2.18. The van der Waals surface area contributed by atoms with Crippen LogP contribution < -0.4 is 15.2 Å². The van der Waals surface area contributed by atoms with Crippen molar-refractivity contribution in [3.8, 4) is 11.5 Å². The molecule has 1 aromatic carbocycles. The topological polar surface area (TPSA) is 44.5 Å². The molecule has 0 radical (unpaired) electrons. The Hall–Kier alpha value is -0.930. The normalized spacial score (nSPS) is 19.0. The van der Waals surface area contributed by atoms with Gasteiger partial charge in [-0.2, -0.15) is 0 Å². The summed E-state index contributed by atoms with van der Waals surface area (Å²) in [4.78, 5) is 0. The summed E-state index contributed by atoms with van der Waals surface area (Å²) < 4.78 is 11.0. The Morgan fingerprint density at radius 3 is 2.69 bits per heavy atom. The summed E-state index contributed by atoms with van der Waals surface area (Å²) >= 11 is 0. The first kappa shape index (κ1) is 10.2. The predicted molar refractivity (Wildman–Crippen MR) is 52.7 cm³/mol. The molecule has 4 heteroatoms. The third-order valence-electron chi connectivity index (χ3n) is 1.83. The first-order valence-corrected chi connectivity index (χ1v) is 3.98. The Morgan fingerprint density at radius 1 is 1.31 bits per heavy atom. The first-order valence-electron chi connectivity index (χ1n) is 3.98. The molecule has 0 aromatic heterocycles. The van der Waals surface area contributed by atoms with Gasteiger partial charge in [0, 0.05) is 6.54 Å². The monoisotopic (exact) mass is 201 g/mol. The highest BCUT2D eigenvalue weighted by atomic mass is 35.5. The lowest BCUT2D eigenvalue weighted by molar-refractivity contribution is 0.0969. The van der Waals surface area contributed by atoms with E-state index in [1.54, 1.807) is 0 Å². The fourth-order valence-corrected chi connectivity index (χ4v) is 1.18. The minimum atomic E-state index is -0.0000926. The molecule has 3 nitrogen and oxygen atoms in total. The second-order valence-corrected chi connectivity index (χ2v) is 2.73. The molecule has 0 aliphatic carbocycles. The molecule has 1 atom stereocenters. The number of hydrogen-bond donors (Lipinski definition) is 1. The number of fused-ring (bicyclic) bond motifs is 1. The van der Waals surface area contributed by atoms with Gasteiger partial charge in [0.2, 0.25) is 0 Å². The molecule has 0 bridgehead atoms. The van der Waals surface area contributed by atoms with Crippen LogP contribution in [0, 0.1) is 0 Å². The van der Waals surface area contributed by atoms with Gasteiger partial charge in [-0.05, 0) is 12.1 Å². The Labute approximate surface area is 83.2 Å². The maximum absolute atomic E-state index is 5.53. The molecule has 1 aromatic rings. The molecule has 0 fully saturated rings. The molecule has 72 valence electrons. The summed E-state index contributed by atoms with van der Waals surface area (Å²) in [5.41, 5.74) is 5.46. The average molecular weight is 202 g/mol. The van der Waals surface area contributed by atoms with Crippen LogP contribution in [0.25, 0.3) is 0 Å². The Balaban J connectivity index is 0.000000845. The third kappa shape index (κ3) is 2.05. The lowest BCUT2D eigenvalue weighted by Crippen LogP contribution is -2.35. The molecule has 2 N–H and O–H groups in total. The van der Waals surface area contributed by atoms with Crippen LogP contribution in [0.3, 0.4) is 0 Å². The van der Waals surface area contributed by atoms with Gasteiger partial charge in [-0.15, -0.1) is 12.4 Å². The number of ether oxygens (including phenoxy) is 2. The van der Waals surface area contributed by atoms with Crippen molar-refractivity contribution in [3.63, 3.8) is 0 Å². The van der Waals surface area contributed by atoms with Crippen molar-refractivity contribution in [2.45, 2.75) is 6.10 Å². The van der Waals surface area contributed by atoms with Gasteiger partial charge in [-0.1, -0.05) is 12.1 Å². The minimum absolute atomic E-state index is 0. The van der Waals surface area contributed by atoms with Crippen LogP contribution in [0.15, 0.2) is 24.3 Å². The van der Waals surface area contributed by atoms with Gasteiger partial charge in [-0.3, -0.25) is 0 Å². The quantitative estimate of drug-likeness (QED) is 0.743. The second kappa shape index (κ2) is 4.35. The van der Waals surface area contributed by atoms with Crippen molar-refractivity contribution in [3.05, 3.63) is 24.3 Å². The van der Waals surface area contributed by atoms with Crippen LogP contribution >= 0.6 is 12.4 Å². The van der Waals surface area contributed by atoms with E-state index >= 15 is 0 Å². The minimum Gasteiger partial charge on any atom is -0.486 e. The predicted octanol–water partition coefficient (Wildman–Crippen LogP) is 1.21. The Kier molecular flexibility index (Phi) is 3.39. The molecular weight excluding hydrogens is 190 g/mol. The summed E-state index contributed by atoms with van der Waals surface area (Å²) in [6.07, 6.45) is -0.0000926. The standard InChI is InChI=1S/C9H11NO2.ClH/c10-5-7-6-11-8-3-1-2-4-9(8)12-7;/h1-4,7H,5-6,10H2;1H/t7-;/m0./s1. The largest absolute Gasteiger partial charge is 0.486 e. The number of nitrogens with two attached hydrogens (primary N) is 1. The van der Waals surface area contributed by atoms with E-state index in [9.17, 15) is 0 Å². The van der Waals surface area contributed by atoms with Gasteiger partial charge in [-0.25, -0.2) is 0 Å². The molecule has 1 aliphatic rings. The summed E-state index contributed by atoms with van der Waals surface area (Å²) in [6, 6.07) is 7.62. The molecule has 1 aliphatic heterocycles. The van der Waals surface area contributed by atoms with Gasteiger partial charge in [0.15, 0.2) is 11.5 Å². The number of para-hydroxylation sites is 2. The van der Waals surface area contributed by atoms with Crippen LogP contribution in [0.5, 0.6) is 11.5 Å². The molecule has 0 spiro atoms. The fraction of sp³-hybridized carbons (Fsp3) is 0.333. The van der Waals surface area contributed by atoms with Crippen molar-refractivity contribution in [1.29, 1.82) is 0 Å². The molecule has 0 amide bonds. The van der Waals surface area contributed by atoms with Crippen LogP contribution in [0.4, 0.5) is 0 Å². The van der Waals surface area contributed by atoms with Crippen molar-refractivity contribution in [1.82, 2.24) is 0 Å². The smallest absolute Gasteiger partial charge is 0.161 e. The van der Waals surface area contributed by atoms with E-state index < -0.39 is 0 Å². The lowest BCUT2D eigenvalue weighted by atomic mass is 10.2. The van der Waals surface area contributed by atoms with Crippen LogP contribution in [0.1, 0.15) is 0 Å². The van der Waals surface area contributed by atoms with Crippen molar-refractivity contribution in [2.24, 2.45) is 5.73 Å². The van der Waals surface area contributed by atoms with Crippen LogP contribution in [-0.2, 0) is 0 Å². The maximum atomic E-state index is 5.53. The maximum Gasteiger partial charge on any atom is 0.161 e. The molecule has 1 heterocycles. The van der Waals surface area contributed by atoms with Crippen molar-refractivity contribution < 1.29 is 9.47 Å².